The topological polar surface area (TPSA) is 46.3 Å². The van der Waals surface area contributed by atoms with Crippen molar-refractivity contribution in [1.82, 2.24) is 0 Å². The smallest absolute Gasteiger partial charge is 0.230 e. The van der Waals surface area contributed by atoms with Gasteiger partial charge in [-0.2, -0.15) is 0 Å². The van der Waals surface area contributed by atoms with Crippen LogP contribution in [0.15, 0.2) is 12.1 Å². The highest BCUT2D eigenvalue weighted by Crippen LogP contribution is 2.34. The quantitative estimate of drug-likeness (QED) is 0.757. The van der Waals surface area contributed by atoms with Gasteiger partial charge in [-0.15, -0.1) is 0 Å². The number of nitrogen functional groups attached to an aromatic ring is 1. The molecule has 2 rings (SSSR count). The third-order valence-electron chi connectivity index (χ3n) is 3.64. The van der Waals surface area contributed by atoms with Crippen molar-refractivity contribution in [3.05, 3.63) is 23.3 Å². The molecule has 1 heterocycles. The van der Waals surface area contributed by atoms with E-state index in [-0.39, 0.29) is 17.9 Å². The monoisotopic (exact) mass is 232 g/mol. The molecule has 1 fully saturated rings. The van der Waals surface area contributed by atoms with Crippen LogP contribution in [0.1, 0.15) is 31.4 Å². The second kappa shape index (κ2) is 4.06. The number of carbonyl (C=O) groups excluding carboxylic acids is 1. The minimum atomic E-state index is 0.118. The maximum Gasteiger partial charge on any atom is 0.230 e. The van der Waals surface area contributed by atoms with Crippen molar-refractivity contribution in [2.24, 2.45) is 5.92 Å². The second-order valence-electron chi connectivity index (χ2n) is 5.19. The van der Waals surface area contributed by atoms with Crippen LogP contribution in [-0.2, 0) is 4.79 Å². The molecule has 1 aromatic carbocycles. The summed E-state index contributed by atoms with van der Waals surface area (Å²) in [5.74, 6) is 0.329. The fourth-order valence-corrected chi connectivity index (χ4v) is 2.65. The molecule has 1 saturated heterocycles. The van der Waals surface area contributed by atoms with Gasteiger partial charge < -0.3 is 10.6 Å². The Morgan fingerprint density at radius 2 is 1.88 bits per heavy atom. The van der Waals surface area contributed by atoms with Gasteiger partial charge in [0.25, 0.3) is 0 Å². The molecule has 0 saturated carbocycles. The molecule has 17 heavy (non-hydrogen) atoms. The zero-order chi connectivity index (χ0) is 12.7. The van der Waals surface area contributed by atoms with E-state index in [0.717, 1.165) is 28.9 Å². The summed E-state index contributed by atoms with van der Waals surface area (Å²) in [6.45, 7) is 8.11. The van der Waals surface area contributed by atoms with Crippen molar-refractivity contribution >= 4 is 17.3 Å². The minimum Gasteiger partial charge on any atom is -0.398 e. The summed E-state index contributed by atoms with van der Waals surface area (Å²) in [5.41, 5.74) is 9.85. The van der Waals surface area contributed by atoms with Crippen LogP contribution in [0.3, 0.4) is 0 Å². The lowest BCUT2D eigenvalue weighted by atomic mass is 10.1. The van der Waals surface area contributed by atoms with Gasteiger partial charge in [0.1, 0.15) is 0 Å². The highest BCUT2D eigenvalue weighted by Gasteiger charge is 2.35. The van der Waals surface area contributed by atoms with Gasteiger partial charge in [0.2, 0.25) is 5.91 Å². The Morgan fingerprint density at radius 3 is 2.41 bits per heavy atom. The van der Waals surface area contributed by atoms with E-state index in [9.17, 15) is 4.79 Å². The number of carbonyl (C=O) groups is 1. The average molecular weight is 232 g/mol. The van der Waals surface area contributed by atoms with E-state index in [4.69, 9.17) is 5.73 Å². The summed E-state index contributed by atoms with van der Waals surface area (Å²) in [6.07, 6.45) is 0.923. The van der Waals surface area contributed by atoms with Crippen LogP contribution in [0, 0.1) is 19.8 Å². The molecule has 0 spiro atoms. The van der Waals surface area contributed by atoms with Gasteiger partial charge >= 0.3 is 0 Å². The lowest BCUT2D eigenvalue weighted by molar-refractivity contribution is -0.120. The second-order valence-corrected chi connectivity index (χ2v) is 5.19. The first-order valence-corrected chi connectivity index (χ1v) is 6.11. The number of hydrogen-bond donors (Lipinski definition) is 1. The molecule has 2 N–H and O–H groups in total. The number of benzene rings is 1. The van der Waals surface area contributed by atoms with Gasteiger partial charge in [0, 0.05) is 23.3 Å². The third kappa shape index (κ3) is 1.90. The van der Waals surface area contributed by atoms with Crippen molar-refractivity contribution in [3.8, 4) is 0 Å². The van der Waals surface area contributed by atoms with Crippen LogP contribution in [0.5, 0.6) is 0 Å². The van der Waals surface area contributed by atoms with Gasteiger partial charge in [-0.05, 0) is 44.4 Å². The van der Waals surface area contributed by atoms with Gasteiger partial charge in [-0.25, -0.2) is 0 Å². The first-order chi connectivity index (χ1) is 7.91. The largest absolute Gasteiger partial charge is 0.398 e. The van der Waals surface area contributed by atoms with Gasteiger partial charge in [0.15, 0.2) is 0 Å². The van der Waals surface area contributed by atoms with Gasteiger partial charge in [0.05, 0.1) is 0 Å². The molecule has 2 atom stereocenters. The maximum absolute atomic E-state index is 12.1. The molecule has 0 aromatic heterocycles. The van der Waals surface area contributed by atoms with Crippen molar-refractivity contribution < 1.29 is 4.79 Å². The summed E-state index contributed by atoms with van der Waals surface area (Å²) in [7, 11) is 0. The van der Waals surface area contributed by atoms with Crippen molar-refractivity contribution in [2.45, 2.75) is 40.2 Å². The van der Waals surface area contributed by atoms with Gasteiger partial charge in [-0.1, -0.05) is 13.0 Å². The standard InChI is InChI=1S/C14H20N2O/c1-8-5-9(2)13(7-12(8)15)16-11(4)6-10(3)14(16)17/h5,7,10-11H,6,15H2,1-4H3. The molecular weight excluding hydrogens is 212 g/mol. The van der Waals surface area contributed by atoms with Crippen molar-refractivity contribution in [1.29, 1.82) is 0 Å². The van der Waals surface area contributed by atoms with E-state index in [0.29, 0.717) is 0 Å². The van der Waals surface area contributed by atoms with Crippen molar-refractivity contribution in [3.63, 3.8) is 0 Å². The summed E-state index contributed by atoms with van der Waals surface area (Å²) in [6, 6.07) is 4.24. The predicted octanol–water partition coefficient (Wildman–Crippen LogP) is 2.65. The summed E-state index contributed by atoms with van der Waals surface area (Å²) in [4.78, 5) is 14.0. The number of aryl methyl sites for hydroxylation is 2. The lowest BCUT2D eigenvalue weighted by Gasteiger charge is -2.24. The Labute approximate surface area is 103 Å². The van der Waals surface area contributed by atoms with Crippen LogP contribution >= 0.6 is 0 Å². The molecule has 1 aliphatic rings. The normalized spacial score (nSPS) is 24.5. The Hall–Kier alpha value is -1.51. The molecule has 1 aliphatic heterocycles. The number of nitrogens with two attached hydrogens (primary N) is 1. The summed E-state index contributed by atoms with van der Waals surface area (Å²) in [5, 5.41) is 0. The molecule has 1 amide bonds. The van der Waals surface area contributed by atoms with Crippen LogP contribution < -0.4 is 10.6 Å². The van der Waals surface area contributed by atoms with E-state index in [1.54, 1.807) is 0 Å². The minimum absolute atomic E-state index is 0.118. The SMILES string of the molecule is Cc1cc(C)c(N2C(=O)C(C)CC2C)cc1N. The first-order valence-electron chi connectivity index (χ1n) is 6.11. The van der Waals surface area contributed by atoms with E-state index in [1.165, 1.54) is 0 Å². The zero-order valence-electron chi connectivity index (χ0n) is 10.9. The first kappa shape index (κ1) is 12.0. The fraction of sp³-hybridized carbons (Fsp3) is 0.500. The number of amides is 1. The van der Waals surface area contributed by atoms with E-state index >= 15 is 0 Å². The zero-order valence-corrected chi connectivity index (χ0v) is 10.9. The lowest BCUT2D eigenvalue weighted by Crippen LogP contribution is -2.32. The Balaban J connectivity index is 2.47. The summed E-state index contributed by atoms with van der Waals surface area (Å²) < 4.78 is 0. The molecule has 3 heteroatoms. The maximum atomic E-state index is 12.1. The van der Waals surface area contributed by atoms with Crippen molar-refractivity contribution in [2.75, 3.05) is 10.6 Å². The van der Waals surface area contributed by atoms with E-state index < -0.39 is 0 Å². The molecule has 2 unspecified atom stereocenters. The van der Waals surface area contributed by atoms with Crippen LogP contribution in [0.2, 0.25) is 0 Å². The number of anilines is 2. The number of rotatable bonds is 1. The van der Waals surface area contributed by atoms with Crippen LogP contribution in [0.25, 0.3) is 0 Å². The Bertz CT molecular complexity index is 468. The van der Waals surface area contributed by atoms with E-state index in [2.05, 4.69) is 6.92 Å². The van der Waals surface area contributed by atoms with Crippen LogP contribution in [-0.4, -0.2) is 11.9 Å². The fourth-order valence-electron chi connectivity index (χ4n) is 2.65. The van der Waals surface area contributed by atoms with Gasteiger partial charge in [-0.3, -0.25) is 4.79 Å². The molecule has 0 radical (unpaired) electrons. The third-order valence-corrected chi connectivity index (χ3v) is 3.64. The molecule has 92 valence electrons. The molecule has 3 nitrogen and oxygen atoms in total. The molecule has 0 bridgehead atoms. The predicted molar refractivity (Wildman–Crippen MR) is 71.1 cm³/mol. The molecule has 0 aliphatic carbocycles. The summed E-state index contributed by atoms with van der Waals surface area (Å²) >= 11 is 0. The highest BCUT2D eigenvalue weighted by molar-refractivity contribution is 5.98. The Morgan fingerprint density at radius 1 is 1.24 bits per heavy atom. The Kier molecular flexibility index (Phi) is 2.86. The molecule has 1 aromatic rings. The number of hydrogen-bond acceptors (Lipinski definition) is 2. The van der Waals surface area contributed by atoms with Crippen LogP contribution in [0.4, 0.5) is 11.4 Å². The van der Waals surface area contributed by atoms with E-state index in [1.807, 2.05) is 37.8 Å². The highest BCUT2D eigenvalue weighted by atomic mass is 16.2. The number of nitrogens with zero attached hydrogens (tertiary/aromatic N) is 1. The average Bonchev–Trinajstić information content (AvgIpc) is 2.48. The molecular formula is C14H20N2O.